The van der Waals surface area contributed by atoms with Gasteiger partial charge in [-0.2, -0.15) is 0 Å². The molecule has 0 saturated carbocycles. The largest absolute Gasteiger partial charge is 0.510 e. The zero-order chi connectivity index (χ0) is 27.5. The molecule has 38 heavy (non-hydrogen) atoms. The first-order valence-corrected chi connectivity index (χ1v) is 12.3. The molecule has 0 spiro atoms. The summed E-state index contributed by atoms with van der Waals surface area (Å²) in [5.74, 6) is -6.20. The number of ketones is 2. The summed E-state index contributed by atoms with van der Waals surface area (Å²) in [4.78, 5) is 45.1. The number of allylic oxidation sites excluding steroid dienone is 1. The SMILES string of the molecule is CN(C)[C@@H]1C(O)=C(C(N)=O)C(=O)[C@@]2(O)C(O)=C3C(=O)c4c(OCc5ccccc5)cnc(Cl)c4C[C@H]3C[C@@H]12. The van der Waals surface area contributed by atoms with E-state index in [4.69, 9.17) is 22.1 Å². The van der Waals surface area contributed by atoms with Gasteiger partial charge in [-0.05, 0) is 38.4 Å². The minimum Gasteiger partial charge on any atom is -0.510 e. The number of aliphatic hydroxyl groups excluding tert-OH is 2. The van der Waals surface area contributed by atoms with Crippen LogP contribution in [0.3, 0.4) is 0 Å². The number of nitrogens with two attached hydrogens (primary N) is 1. The fourth-order valence-corrected chi connectivity index (χ4v) is 6.16. The Morgan fingerprint density at radius 1 is 1.24 bits per heavy atom. The smallest absolute Gasteiger partial charge is 0.255 e. The molecule has 3 aliphatic carbocycles. The van der Waals surface area contributed by atoms with E-state index < -0.39 is 58.0 Å². The Hall–Kier alpha value is -3.73. The standard InChI is InChI=1S/C27H26ClN3O7/c1-31(2)20-15-9-13-8-14-18(16(10-30-25(14)28)38-11-12-6-4-3-5-7-12)21(32)17(13)23(34)27(15,37)24(35)19(22(20)33)26(29)36/h3-7,10,13,15,20,33-34,37H,8-9,11H2,1-2H3,(H2,29,36)/t13-,15-,20-,27-/m0/s1. The Kier molecular flexibility index (Phi) is 6.29. The number of halogens is 1. The van der Waals surface area contributed by atoms with E-state index in [1.807, 2.05) is 30.3 Å². The number of hydrogen-bond donors (Lipinski definition) is 4. The van der Waals surface area contributed by atoms with Crippen molar-refractivity contribution in [3.05, 3.63) is 81.0 Å². The number of rotatable bonds is 5. The molecule has 3 aliphatic rings. The zero-order valence-corrected chi connectivity index (χ0v) is 21.4. The second kappa shape index (κ2) is 9.23. The van der Waals surface area contributed by atoms with Crippen LogP contribution >= 0.6 is 11.6 Å². The molecule has 0 aliphatic heterocycles. The van der Waals surface area contributed by atoms with Crippen LogP contribution < -0.4 is 10.5 Å². The molecular weight excluding hydrogens is 514 g/mol. The fraction of sp³-hybridized carbons (Fsp3) is 0.333. The van der Waals surface area contributed by atoms with Crippen molar-refractivity contribution in [2.45, 2.75) is 31.1 Å². The molecule has 4 atom stereocenters. The Bertz CT molecular complexity index is 1440. The summed E-state index contributed by atoms with van der Waals surface area (Å²) in [6, 6.07) is 8.24. The molecule has 0 radical (unpaired) electrons. The Balaban J connectivity index is 1.63. The molecule has 0 fully saturated rings. The average molecular weight is 540 g/mol. The Morgan fingerprint density at radius 3 is 2.55 bits per heavy atom. The minimum absolute atomic E-state index is 0.0250. The van der Waals surface area contributed by atoms with E-state index in [2.05, 4.69) is 4.98 Å². The summed E-state index contributed by atoms with van der Waals surface area (Å²) in [6.45, 7) is 0.138. The van der Waals surface area contributed by atoms with E-state index in [1.54, 1.807) is 14.1 Å². The maximum Gasteiger partial charge on any atom is 0.255 e. The van der Waals surface area contributed by atoms with E-state index in [9.17, 15) is 29.7 Å². The number of likely N-dealkylation sites (N-methyl/N-ethyl adjacent to an activating group) is 1. The molecular formula is C27H26ClN3O7. The Morgan fingerprint density at radius 2 is 1.92 bits per heavy atom. The lowest BCUT2D eigenvalue weighted by Crippen LogP contribution is -2.63. The molecule has 198 valence electrons. The highest BCUT2D eigenvalue weighted by Crippen LogP contribution is 2.52. The highest BCUT2D eigenvalue weighted by atomic mass is 35.5. The topological polar surface area (TPSA) is 163 Å². The van der Waals surface area contributed by atoms with Crippen molar-refractivity contribution >= 4 is 29.1 Å². The highest BCUT2D eigenvalue weighted by Gasteiger charge is 2.63. The summed E-state index contributed by atoms with van der Waals surface area (Å²) in [5.41, 5.74) is 3.10. The Labute approximate surface area is 223 Å². The van der Waals surface area contributed by atoms with Gasteiger partial charge < -0.3 is 25.8 Å². The summed E-state index contributed by atoms with van der Waals surface area (Å²) in [5, 5.41) is 34.0. The lowest BCUT2D eigenvalue weighted by Gasteiger charge is -2.50. The van der Waals surface area contributed by atoms with Crippen molar-refractivity contribution in [1.82, 2.24) is 9.88 Å². The van der Waals surface area contributed by atoms with Gasteiger partial charge in [-0.15, -0.1) is 0 Å². The monoisotopic (exact) mass is 539 g/mol. The molecule has 1 aromatic carbocycles. The van der Waals surface area contributed by atoms with Gasteiger partial charge in [0, 0.05) is 17.1 Å². The van der Waals surface area contributed by atoms with Crippen LogP contribution in [0.25, 0.3) is 0 Å². The maximum absolute atomic E-state index is 13.9. The van der Waals surface area contributed by atoms with Crippen LogP contribution in [0.4, 0.5) is 0 Å². The van der Waals surface area contributed by atoms with Crippen LogP contribution in [0, 0.1) is 11.8 Å². The average Bonchev–Trinajstić information content (AvgIpc) is 2.86. The van der Waals surface area contributed by atoms with Crippen molar-refractivity contribution in [3.8, 4) is 5.75 Å². The van der Waals surface area contributed by atoms with Gasteiger partial charge in [0.1, 0.15) is 34.6 Å². The second-order valence-corrected chi connectivity index (χ2v) is 10.4. The number of carbonyl (C=O) groups excluding carboxylic acids is 3. The number of ether oxygens (including phenoxy) is 1. The predicted octanol–water partition coefficient (Wildman–Crippen LogP) is 2.04. The number of Topliss-reactive ketones (excluding diaryl/α,β-unsaturated/α-hetero) is 2. The lowest BCUT2D eigenvalue weighted by molar-refractivity contribution is -0.148. The number of carbonyl (C=O) groups is 3. The van der Waals surface area contributed by atoms with Gasteiger partial charge in [-0.3, -0.25) is 19.3 Å². The van der Waals surface area contributed by atoms with E-state index >= 15 is 0 Å². The minimum atomic E-state index is -2.65. The van der Waals surface area contributed by atoms with Gasteiger partial charge in [0.05, 0.1) is 17.8 Å². The fourth-order valence-electron chi connectivity index (χ4n) is 5.94. The lowest BCUT2D eigenvalue weighted by atomic mass is 9.58. The third kappa shape index (κ3) is 3.71. The molecule has 5 N–H and O–H groups in total. The number of nitrogens with zero attached hydrogens (tertiary/aromatic N) is 2. The highest BCUT2D eigenvalue weighted by molar-refractivity contribution is 6.31. The number of hydrogen-bond acceptors (Lipinski definition) is 9. The predicted molar refractivity (Wildman–Crippen MR) is 136 cm³/mol. The van der Waals surface area contributed by atoms with Crippen molar-refractivity contribution in [2.24, 2.45) is 17.6 Å². The molecule has 5 rings (SSSR count). The van der Waals surface area contributed by atoms with E-state index in [1.165, 1.54) is 11.1 Å². The third-order valence-corrected chi connectivity index (χ3v) is 7.97. The van der Waals surface area contributed by atoms with Crippen LogP contribution in [-0.2, 0) is 22.6 Å². The van der Waals surface area contributed by atoms with E-state index in [0.29, 0.717) is 5.56 Å². The third-order valence-electron chi connectivity index (χ3n) is 7.64. The quantitative estimate of drug-likeness (QED) is 0.329. The van der Waals surface area contributed by atoms with Crippen LogP contribution in [0.5, 0.6) is 5.75 Å². The number of fused-ring (bicyclic) bond motifs is 3. The number of aromatic nitrogens is 1. The maximum atomic E-state index is 13.9. The zero-order valence-electron chi connectivity index (χ0n) is 20.6. The molecule has 0 saturated heterocycles. The second-order valence-electron chi connectivity index (χ2n) is 10.0. The first-order valence-electron chi connectivity index (χ1n) is 12.0. The number of primary amides is 1. The summed E-state index contributed by atoms with van der Waals surface area (Å²) in [7, 11) is 3.18. The van der Waals surface area contributed by atoms with Crippen LogP contribution in [-0.4, -0.2) is 68.4 Å². The van der Waals surface area contributed by atoms with Crippen LogP contribution in [0.15, 0.2) is 59.2 Å². The molecule has 11 heteroatoms. The molecule has 0 bridgehead atoms. The van der Waals surface area contributed by atoms with Gasteiger partial charge >= 0.3 is 0 Å². The van der Waals surface area contributed by atoms with Gasteiger partial charge in [0.15, 0.2) is 11.4 Å². The first-order chi connectivity index (χ1) is 18.0. The van der Waals surface area contributed by atoms with Gasteiger partial charge in [0.2, 0.25) is 5.78 Å². The number of pyridine rings is 1. The van der Waals surface area contributed by atoms with Crippen LogP contribution in [0.2, 0.25) is 5.15 Å². The van der Waals surface area contributed by atoms with E-state index in [0.717, 1.165) is 5.56 Å². The van der Waals surface area contributed by atoms with Crippen molar-refractivity contribution < 1.29 is 34.4 Å². The normalized spacial score (nSPS) is 26.7. The van der Waals surface area contributed by atoms with Crippen molar-refractivity contribution in [2.75, 3.05) is 14.1 Å². The molecule has 0 unspecified atom stereocenters. The van der Waals surface area contributed by atoms with Gasteiger partial charge in [-0.25, -0.2) is 4.98 Å². The number of amides is 1. The molecule has 1 amide bonds. The summed E-state index contributed by atoms with van der Waals surface area (Å²) < 4.78 is 5.91. The van der Waals surface area contributed by atoms with Crippen molar-refractivity contribution in [1.29, 1.82) is 0 Å². The van der Waals surface area contributed by atoms with Gasteiger partial charge in [-0.1, -0.05) is 41.9 Å². The van der Waals surface area contributed by atoms with Crippen molar-refractivity contribution in [3.63, 3.8) is 0 Å². The van der Waals surface area contributed by atoms with E-state index in [-0.39, 0.29) is 41.5 Å². The van der Waals surface area contributed by atoms with Gasteiger partial charge in [0.25, 0.3) is 5.91 Å². The number of benzene rings is 1. The first kappa shape index (κ1) is 25.9. The molecule has 10 nitrogen and oxygen atoms in total. The summed E-state index contributed by atoms with van der Waals surface area (Å²) >= 11 is 6.40. The molecule has 1 heterocycles. The summed E-state index contributed by atoms with van der Waals surface area (Å²) in [6.07, 6.45) is 1.51. The molecule has 1 aromatic heterocycles. The molecule has 2 aromatic rings. The van der Waals surface area contributed by atoms with Crippen LogP contribution in [0.1, 0.15) is 27.9 Å². The number of aliphatic hydroxyl groups is 3.